The molecule has 21 heavy (non-hydrogen) atoms. The minimum Gasteiger partial charge on any atom is -0.378 e. The smallest absolute Gasteiger partial charge is 0.378 e. The number of H-pyrrole nitrogens is 1. The summed E-state index contributed by atoms with van der Waals surface area (Å²) in [5.41, 5.74) is -3.87. The SMILES string of the molecule is CC(=O)C(C)(O)c1ccc2[nH]c(=O)cc(C(F)(F)F)c2c1. The van der Waals surface area contributed by atoms with Gasteiger partial charge in [-0.15, -0.1) is 0 Å². The number of hydrogen-bond acceptors (Lipinski definition) is 3. The number of rotatable bonds is 2. The van der Waals surface area contributed by atoms with Gasteiger partial charge < -0.3 is 10.1 Å². The van der Waals surface area contributed by atoms with Crippen molar-refractivity contribution in [3.05, 3.63) is 45.7 Å². The molecule has 0 amide bonds. The van der Waals surface area contributed by atoms with Crippen molar-refractivity contribution in [3.63, 3.8) is 0 Å². The van der Waals surface area contributed by atoms with E-state index in [1.54, 1.807) is 0 Å². The van der Waals surface area contributed by atoms with Gasteiger partial charge in [0, 0.05) is 17.0 Å². The number of alkyl halides is 3. The zero-order valence-electron chi connectivity index (χ0n) is 11.2. The first-order chi connectivity index (χ1) is 9.53. The maximum Gasteiger partial charge on any atom is 0.417 e. The predicted molar refractivity (Wildman–Crippen MR) is 69.8 cm³/mol. The maximum atomic E-state index is 13.0. The quantitative estimate of drug-likeness (QED) is 0.894. The third kappa shape index (κ3) is 2.69. The Balaban J connectivity index is 2.82. The van der Waals surface area contributed by atoms with Crippen LogP contribution < -0.4 is 5.56 Å². The molecule has 0 saturated heterocycles. The molecule has 0 saturated carbocycles. The lowest BCUT2D eigenvalue weighted by molar-refractivity contribution is -0.136. The number of benzene rings is 1. The number of aromatic amines is 1. The highest BCUT2D eigenvalue weighted by Gasteiger charge is 2.35. The van der Waals surface area contributed by atoms with Crippen molar-refractivity contribution in [1.29, 1.82) is 0 Å². The molecule has 1 aromatic heterocycles. The van der Waals surface area contributed by atoms with Crippen LogP contribution in [0.4, 0.5) is 13.2 Å². The Morgan fingerprint density at radius 3 is 2.38 bits per heavy atom. The van der Waals surface area contributed by atoms with Gasteiger partial charge in [-0.3, -0.25) is 9.59 Å². The van der Waals surface area contributed by atoms with Crippen LogP contribution in [0.25, 0.3) is 10.9 Å². The van der Waals surface area contributed by atoms with Crippen LogP contribution in [0, 0.1) is 0 Å². The first kappa shape index (κ1) is 15.2. The van der Waals surface area contributed by atoms with Crippen molar-refractivity contribution < 1.29 is 23.1 Å². The Kier molecular flexibility index (Phi) is 3.41. The minimum absolute atomic E-state index is 0.0158. The summed E-state index contributed by atoms with van der Waals surface area (Å²) >= 11 is 0. The van der Waals surface area contributed by atoms with Crippen LogP contribution in [-0.4, -0.2) is 15.9 Å². The van der Waals surface area contributed by atoms with Crippen LogP contribution >= 0.6 is 0 Å². The van der Waals surface area contributed by atoms with E-state index in [1.807, 2.05) is 0 Å². The summed E-state index contributed by atoms with van der Waals surface area (Å²) in [7, 11) is 0. The van der Waals surface area contributed by atoms with Crippen molar-refractivity contribution in [2.45, 2.75) is 25.6 Å². The molecule has 0 fully saturated rings. The van der Waals surface area contributed by atoms with Gasteiger partial charge in [-0.25, -0.2) is 0 Å². The summed E-state index contributed by atoms with van der Waals surface area (Å²) in [6.45, 7) is 2.34. The second kappa shape index (κ2) is 4.70. The highest BCUT2D eigenvalue weighted by atomic mass is 19.4. The monoisotopic (exact) mass is 299 g/mol. The van der Waals surface area contributed by atoms with E-state index >= 15 is 0 Å². The average Bonchev–Trinajstić information content (AvgIpc) is 2.35. The molecule has 0 aliphatic rings. The van der Waals surface area contributed by atoms with Gasteiger partial charge in [0.15, 0.2) is 5.78 Å². The molecule has 2 N–H and O–H groups in total. The number of pyridine rings is 1. The van der Waals surface area contributed by atoms with Crippen molar-refractivity contribution in [2.24, 2.45) is 0 Å². The lowest BCUT2D eigenvalue weighted by Crippen LogP contribution is -2.30. The maximum absolute atomic E-state index is 13.0. The van der Waals surface area contributed by atoms with Crippen LogP contribution in [0.3, 0.4) is 0 Å². The van der Waals surface area contributed by atoms with Crippen molar-refractivity contribution in [2.75, 3.05) is 0 Å². The molecule has 1 heterocycles. The number of ketones is 1. The van der Waals surface area contributed by atoms with Crippen molar-refractivity contribution >= 4 is 16.7 Å². The van der Waals surface area contributed by atoms with Crippen LogP contribution in [-0.2, 0) is 16.6 Å². The molecule has 0 radical (unpaired) electrons. The Bertz CT molecular complexity index is 775. The molecule has 1 atom stereocenters. The molecule has 1 aromatic carbocycles. The molecule has 0 bridgehead atoms. The standard InChI is InChI=1S/C14H12F3NO3/c1-7(19)13(2,21)8-3-4-11-9(5-8)10(14(15,16)17)6-12(20)18-11/h3-6,21H,1-2H3,(H,18,20). The third-order valence-electron chi connectivity index (χ3n) is 3.40. The number of Topliss-reactive ketones (excluding diaryl/α,β-unsaturated/α-hetero) is 1. The van der Waals surface area contributed by atoms with Crippen molar-refractivity contribution in [3.8, 4) is 0 Å². The van der Waals surface area contributed by atoms with Gasteiger partial charge in [0.25, 0.3) is 0 Å². The fourth-order valence-electron chi connectivity index (χ4n) is 1.99. The molecule has 0 aliphatic carbocycles. The molecular weight excluding hydrogens is 287 g/mol. The van der Waals surface area contributed by atoms with Crippen LogP contribution in [0.15, 0.2) is 29.1 Å². The zero-order chi connectivity index (χ0) is 16.0. The second-order valence-corrected chi connectivity index (χ2v) is 4.93. The van der Waals surface area contributed by atoms with Gasteiger partial charge in [0.1, 0.15) is 5.60 Å². The van der Waals surface area contributed by atoms with E-state index in [0.29, 0.717) is 6.07 Å². The number of hydrogen-bond donors (Lipinski definition) is 2. The summed E-state index contributed by atoms with van der Waals surface area (Å²) < 4.78 is 39.0. The van der Waals surface area contributed by atoms with Crippen LogP contribution in [0.1, 0.15) is 25.0 Å². The number of nitrogens with one attached hydrogen (secondary N) is 1. The van der Waals surface area contributed by atoms with E-state index in [4.69, 9.17) is 0 Å². The number of aliphatic hydroxyl groups is 1. The van der Waals surface area contributed by atoms with E-state index in [1.165, 1.54) is 19.1 Å². The van der Waals surface area contributed by atoms with Gasteiger partial charge in [0.05, 0.1) is 5.56 Å². The Hall–Kier alpha value is -2.15. The third-order valence-corrected chi connectivity index (χ3v) is 3.40. The topological polar surface area (TPSA) is 70.2 Å². The second-order valence-electron chi connectivity index (χ2n) is 4.93. The normalized spacial score (nSPS) is 15.0. The lowest BCUT2D eigenvalue weighted by Gasteiger charge is -2.21. The molecule has 2 aromatic rings. The van der Waals surface area contributed by atoms with Gasteiger partial charge >= 0.3 is 6.18 Å². The number of carbonyl (C=O) groups excluding carboxylic acids is 1. The number of aromatic nitrogens is 1. The molecule has 2 rings (SSSR count). The highest BCUT2D eigenvalue weighted by Crippen LogP contribution is 2.35. The Morgan fingerprint density at radius 1 is 1.24 bits per heavy atom. The summed E-state index contributed by atoms with van der Waals surface area (Å²) in [4.78, 5) is 25.0. The van der Waals surface area contributed by atoms with Crippen LogP contribution in [0.2, 0.25) is 0 Å². The molecule has 7 heteroatoms. The zero-order valence-corrected chi connectivity index (χ0v) is 11.2. The summed E-state index contributed by atoms with van der Waals surface area (Å²) in [5, 5.41) is 9.79. The minimum atomic E-state index is -4.72. The van der Waals surface area contributed by atoms with E-state index in [-0.39, 0.29) is 16.5 Å². The fraction of sp³-hybridized carbons (Fsp3) is 0.286. The van der Waals surface area contributed by atoms with E-state index in [0.717, 1.165) is 13.0 Å². The van der Waals surface area contributed by atoms with E-state index in [9.17, 15) is 27.9 Å². The predicted octanol–water partition coefficient (Wildman–Crippen LogP) is 2.34. The van der Waals surface area contributed by atoms with Gasteiger partial charge in [-0.2, -0.15) is 13.2 Å². The Morgan fingerprint density at radius 2 is 1.86 bits per heavy atom. The first-order valence-corrected chi connectivity index (χ1v) is 6.01. The van der Waals surface area contributed by atoms with E-state index < -0.39 is 28.7 Å². The molecule has 0 aliphatic heterocycles. The Labute approximate surface area is 117 Å². The molecule has 0 spiro atoms. The lowest BCUT2D eigenvalue weighted by atomic mass is 9.90. The average molecular weight is 299 g/mol. The number of fused-ring (bicyclic) bond motifs is 1. The van der Waals surface area contributed by atoms with Crippen LogP contribution in [0.5, 0.6) is 0 Å². The molecule has 4 nitrogen and oxygen atoms in total. The van der Waals surface area contributed by atoms with Gasteiger partial charge in [-0.05, 0) is 31.5 Å². The largest absolute Gasteiger partial charge is 0.417 e. The van der Waals surface area contributed by atoms with Gasteiger partial charge in [0.2, 0.25) is 5.56 Å². The summed E-state index contributed by atoms with van der Waals surface area (Å²) in [6.07, 6.45) is -4.72. The molecular formula is C14H12F3NO3. The van der Waals surface area contributed by atoms with Gasteiger partial charge in [-0.1, -0.05) is 6.07 Å². The number of carbonyl (C=O) groups is 1. The fourth-order valence-corrected chi connectivity index (χ4v) is 1.99. The first-order valence-electron chi connectivity index (χ1n) is 6.01. The molecule has 112 valence electrons. The van der Waals surface area contributed by atoms with Crippen molar-refractivity contribution in [1.82, 2.24) is 4.98 Å². The summed E-state index contributed by atoms with van der Waals surface area (Å²) in [5.74, 6) is -0.597. The summed E-state index contributed by atoms with van der Waals surface area (Å²) in [6, 6.07) is 4.06. The highest BCUT2D eigenvalue weighted by molar-refractivity contribution is 5.89. The molecule has 1 unspecified atom stereocenters. The number of halogens is 3. The van der Waals surface area contributed by atoms with E-state index in [2.05, 4.69) is 4.98 Å².